The summed E-state index contributed by atoms with van der Waals surface area (Å²) in [5.74, 6) is -2.75. The lowest BCUT2D eigenvalue weighted by Gasteiger charge is -2.14. The molecule has 9 heteroatoms. The molecule has 0 bridgehead atoms. The number of alkyl halides is 3. The summed E-state index contributed by atoms with van der Waals surface area (Å²) in [6.45, 7) is -0.452. The molecule has 0 amide bonds. The number of aromatic hydroxyl groups is 1. The van der Waals surface area contributed by atoms with Crippen LogP contribution in [0.4, 0.5) is 13.2 Å². The Labute approximate surface area is 98.8 Å². The quantitative estimate of drug-likeness (QED) is 0.743. The number of hydrogen-bond acceptors (Lipinski definition) is 5. The predicted octanol–water partition coefficient (Wildman–Crippen LogP) is 0.772. The van der Waals surface area contributed by atoms with Crippen molar-refractivity contribution in [2.45, 2.75) is 19.3 Å². The topological polar surface area (TPSA) is 106 Å². The van der Waals surface area contributed by atoms with E-state index in [1.807, 2.05) is 0 Å². The molecule has 0 fully saturated rings. The number of carboxylic acid groups (broad SMARTS) is 1. The van der Waals surface area contributed by atoms with Gasteiger partial charge in [-0.25, -0.2) is 0 Å². The molecule has 0 atom stereocenters. The molecule has 0 spiro atoms. The lowest BCUT2D eigenvalue weighted by molar-refractivity contribution is -0.275. The van der Waals surface area contributed by atoms with Crippen molar-refractivity contribution in [1.29, 1.82) is 0 Å². The van der Waals surface area contributed by atoms with Gasteiger partial charge in [0.05, 0.1) is 23.9 Å². The number of carbonyl (C=O) groups is 1. The van der Waals surface area contributed by atoms with E-state index in [2.05, 4.69) is 9.72 Å². The number of rotatable bonds is 4. The van der Waals surface area contributed by atoms with Crippen molar-refractivity contribution in [1.82, 2.24) is 4.98 Å². The van der Waals surface area contributed by atoms with Gasteiger partial charge in [-0.1, -0.05) is 0 Å². The van der Waals surface area contributed by atoms with E-state index in [0.29, 0.717) is 6.20 Å². The Morgan fingerprint density at radius 1 is 1.50 bits per heavy atom. The average Bonchev–Trinajstić information content (AvgIpc) is 2.20. The minimum absolute atomic E-state index is 0.280. The van der Waals surface area contributed by atoms with Crippen LogP contribution >= 0.6 is 0 Å². The Hall–Kier alpha value is -2.03. The van der Waals surface area contributed by atoms with E-state index in [-0.39, 0.29) is 11.3 Å². The van der Waals surface area contributed by atoms with Crippen LogP contribution in [0.25, 0.3) is 0 Å². The zero-order chi connectivity index (χ0) is 13.9. The van der Waals surface area contributed by atoms with Gasteiger partial charge in [-0.15, -0.1) is 13.2 Å². The first-order valence-corrected chi connectivity index (χ1v) is 4.62. The molecule has 0 saturated heterocycles. The molecular weight excluding hydrogens is 257 g/mol. The highest BCUT2D eigenvalue weighted by molar-refractivity contribution is 5.71. The van der Waals surface area contributed by atoms with Gasteiger partial charge in [-0.3, -0.25) is 9.78 Å². The predicted molar refractivity (Wildman–Crippen MR) is 51.8 cm³/mol. The van der Waals surface area contributed by atoms with E-state index in [4.69, 9.17) is 10.8 Å². The molecule has 1 aromatic heterocycles. The third-order valence-electron chi connectivity index (χ3n) is 1.94. The van der Waals surface area contributed by atoms with Gasteiger partial charge in [0, 0.05) is 6.54 Å². The fourth-order valence-electron chi connectivity index (χ4n) is 1.25. The SMILES string of the molecule is NCc1c(OC(F)(F)F)cnc(CC(=O)O)c1O. The summed E-state index contributed by atoms with van der Waals surface area (Å²) < 4.78 is 39.7. The Morgan fingerprint density at radius 3 is 2.56 bits per heavy atom. The summed E-state index contributed by atoms with van der Waals surface area (Å²) in [5, 5.41) is 18.1. The molecule has 1 aromatic rings. The van der Waals surface area contributed by atoms with Gasteiger partial charge in [-0.2, -0.15) is 0 Å². The molecule has 1 rings (SSSR count). The molecule has 0 aliphatic carbocycles. The molecule has 1 heterocycles. The minimum Gasteiger partial charge on any atom is -0.506 e. The molecule has 0 aliphatic heterocycles. The number of pyridine rings is 1. The lowest BCUT2D eigenvalue weighted by atomic mass is 10.1. The van der Waals surface area contributed by atoms with Gasteiger partial charge in [-0.05, 0) is 0 Å². The van der Waals surface area contributed by atoms with E-state index in [1.165, 1.54) is 0 Å². The van der Waals surface area contributed by atoms with Gasteiger partial charge < -0.3 is 20.7 Å². The standard InChI is InChI=1S/C9H9F3N2O4/c10-9(11,12)18-6-3-14-5(1-7(15)16)8(17)4(6)2-13/h3,17H,1-2,13H2,(H,15,16). The normalized spacial score (nSPS) is 11.3. The second-order valence-electron chi connectivity index (χ2n) is 3.22. The van der Waals surface area contributed by atoms with Crippen LogP contribution in [0.1, 0.15) is 11.3 Å². The second kappa shape index (κ2) is 5.08. The smallest absolute Gasteiger partial charge is 0.506 e. The third-order valence-corrected chi connectivity index (χ3v) is 1.94. The molecule has 0 radical (unpaired) electrons. The molecular formula is C9H9F3N2O4. The van der Waals surface area contributed by atoms with Gasteiger partial charge in [0.1, 0.15) is 5.75 Å². The summed E-state index contributed by atoms with van der Waals surface area (Å²) >= 11 is 0. The monoisotopic (exact) mass is 266 g/mol. The maximum Gasteiger partial charge on any atom is 0.573 e. The van der Waals surface area contributed by atoms with Gasteiger partial charge >= 0.3 is 12.3 Å². The number of carboxylic acids is 1. The van der Waals surface area contributed by atoms with Crippen LogP contribution in [0.5, 0.6) is 11.5 Å². The molecule has 6 nitrogen and oxygen atoms in total. The van der Waals surface area contributed by atoms with E-state index in [0.717, 1.165) is 0 Å². The van der Waals surface area contributed by atoms with Crippen molar-refractivity contribution in [2.24, 2.45) is 5.73 Å². The fraction of sp³-hybridized carbons (Fsp3) is 0.333. The first-order chi connectivity index (χ1) is 8.24. The van der Waals surface area contributed by atoms with Crippen LogP contribution in [0.15, 0.2) is 6.20 Å². The second-order valence-corrected chi connectivity index (χ2v) is 3.22. The maximum atomic E-state index is 12.0. The number of ether oxygens (including phenoxy) is 1. The zero-order valence-corrected chi connectivity index (χ0v) is 8.86. The van der Waals surface area contributed by atoms with E-state index < -0.39 is 36.8 Å². The number of nitrogens with two attached hydrogens (primary N) is 1. The largest absolute Gasteiger partial charge is 0.573 e. The summed E-state index contributed by atoms with van der Waals surface area (Å²) in [6.07, 6.45) is -4.91. The van der Waals surface area contributed by atoms with Crippen LogP contribution in [-0.4, -0.2) is 27.5 Å². The number of aromatic nitrogens is 1. The van der Waals surface area contributed by atoms with Crippen molar-refractivity contribution in [3.8, 4) is 11.5 Å². The van der Waals surface area contributed by atoms with Crippen molar-refractivity contribution >= 4 is 5.97 Å². The molecule has 0 saturated carbocycles. The number of nitrogens with zero attached hydrogens (tertiary/aromatic N) is 1. The molecule has 18 heavy (non-hydrogen) atoms. The van der Waals surface area contributed by atoms with Crippen LogP contribution in [0.2, 0.25) is 0 Å². The van der Waals surface area contributed by atoms with Crippen molar-refractivity contribution in [2.75, 3.05) is 0 Å². The highest BCUT2D eigenvalue weighted by Gasteiger charge is 2.33. The highest BCUT2D eigenvalue weighted by Crippen LogP contribution is 2.32. The summed E-state index contributed by atoms with van der Waals surface area (Å²) in [6, 6.07) is 0. The van der Waals surface area contributed by atoms with Crippen molar-refractivity contribution in [3.63, 3.8) is 0 Å². The third kappa shape index (κ3) is 3.48. The molecule has 0 aliphatic rings. The van der Waals surface area contributed by atoms with Crippen molar-refractivity contribution < 1.29 is 32.9 Å². The van der Waals surface area contributed by atoms with Crippen LogP contribution in [0, 0.1) is 0 Å². The lowest BCUT2D eigenvalue weighted by Crippen LogP contribution is -2.19. The summed E-state index contributed by atoms with van der Waals surface area (Å²) in [7, 11) is 0. The van der Waals surface area contributed by atoms with Gasteiger partial charge in [0.25, 0.3) is 0 Å². The van der Waals surface area contributed by atoms with Crippen LogP contribution in [0.3, 0.4) is 0 Å². The van der Waals surface area contributed by atoms with E-state index in [9.17, 15) is 23.1 Å². The Balaban J connectivity index is 3.16. The molecule has 0 aromatic carbocycles. The fourth-order valence-corrected chi connectivity index (χ4v) is 1.25. The average molecular weight is 266 g/mol. The zero-order valence-electron chi connectivity index (χ0n) is 8.86. The summed E-state index contributed by atoms with van der Waals surface area (Å²) in [5.41, 5.74) is 4.56. The number of hydrogen-bond donors (Lipinski definition) is 3. The van der Waals surface area contributed by atoms with Gasteiger partial charge in [0.15, 0.2) is 5.75 Å². The van der Waals surface area contributed by atoms with Crippen LogP contribution in [-0.2, 0) is 17.8 Å². The first kappa shape index (κ1) is 14.0. The van der Waals surface area contributed by atoms with E-state index in [1.54, 1.807) is 0 Å². The maximum absolute atomic E-state index is 12.0. The van der Waals surface area contributed by atoms with Crippen molar-refractivity contribution in [3.05, 3.63) is 17.5 Å². The molecule has 0 unspecified atom stereocenters. The van der Waals surface area contributed by atoms with Gasteiger partial charge in [0.2, 0.25) is 0 Å². The Bertz CT molecular complexity index is 462. The number of halogens is 3. The molecule has 4 N–H and O–H groups in total. The Kier molecular flexibility index (Phi) is 3.96. The first-order valence-electron chi connectivity index (χ1n) is 4.62. The van der Waals surface area contributed by atoms with Crippen LogP contribution < -0.4 is 10.5 Å². The highest BCUT2D eigenvalue weighted by atomic mass is 19.4. The van der Waals surface area contributed by atoms with E-state index >= 15 is 0 Å². The number of aliphatic carboxylic acids is 1. The molecule has 100 valence electrons. The Morgan fingerprint density at radius 2 is 2.11 bits per heavy atom. The summed E-state index contributed by atoms with van der Waals surface area (Å²) in [4.78, 5) is 13.8. The minimum atomic E-state index is -4.95.